The molecule has 32 heavy (non-hydrogen) atoms. The van der Waals surface area contributed by atoms with Crippen LogP contribution in [0.15, 0.2) is 72.8 Å². The van der Waals surface area contributed by atoms with Gasteiger partial charge in [-0.15, -0.1) is 0 Å². The Morgan fingerprint density at radius 1 is 0.938 bits per heavy atom. The fourth-order valence-corrected chi connectivity index (χ4v) is 3.49. The van der Waals surface area contributed by atoms with Crippen LogP contribution in [0.2, 0.25) is 0 Å². The van der Waals surface area contributed by atoms with Crippen molar-refractivity contribution in [1.82, 2.24) is 15.3 Å². The summed E-state index contributed by atoms with van der Waals surface area (Å²) in [7, 11) is 0. The van der Waals surface area contributed by atoms with Gasteiger partial charge in [0.1, 0.15) is 17.7 Å². The molecule has 0 saturated heterocycles. The maximum Gasteiger partial charge on any atom is 0.254 e. The third-order valence-electron chi connectivity index (χ3n) is 5.18. The van der Waals surface area contributed by atoms with Crippen LogP contribution in [0, 0.1) is 11.7 Å². The normalized spacial score (nSPS) is 12.0. The Bertz CT molecular complexity index is 1250. The molecule has 162 valence electrons. The molecule has 0 aliphatic carbocycles. The summed E-state index contributed by atoms with van der Waals surface area (Å²) in [5.41, 5.74) is 2.89. The van der Waals surface area contributed by atoms with Crippen LogP contribution in [-0.2, 0) is 4.79 Å². The number of anilines is 1. The summed E-state index contributed by atoms with van der Waals surface area (Å²) in [5, 5.41) is 5.56. The Kier molecular flexibility index (Phi) is 5.98. The van der Waals surface area contributed by atoms with E-state index in [1.165, 1.54) is 18.2 Å². The minimum Gasteiger partial charge on any atom is -0.340 e. The molecule has 1 aromatic heterocycles. The number of nitrogens with zero attached hydrogens (tertiary/aromatic N) is 1. The molecular weight excluding hydrogens is 407 g/mol. The molecule has 7 heteroatoms. The van der Waals surface area contributed by atoms with Crippen LogP contribution in [0.3, 0.4) is 0 Å². The van der Waals surface area contributed by atoms with Gasteiger partial charge in [0.05, 0.1) is 22.3 Å². The lowest BCUT2D eigenvalue weighted by atomic mass is 10.0. The number of para-hydroxylation sites is 3. The number of benzene rings is 3. The van der Waals surface area contributed by atoms with Crippen molar-refractivity contribution in [2.45, 2.75) is 19.9 Å². The molecule has 3 aromatic carbocycles. The summed E-state index contributed by atoms with van der Waals surface area (Å²) >= 11 is 0. The third kappa shape index (κ3) is 4.37. The topological polar surface area (TPSA) is 86.9 Å². The number of amides is 2. The number of rotatable bonds is 6. The predicted octanol–water partition coefficient (Wildman–Crippen LogP) is 4.76. The van der Waals surface area contributed by atoms with Crippen LogP contribution in [0.25, 0.3) is 22.4 Å². The van der Waals surface area contributed by atoms with Gasteiger partial charge in [-0.25, -0.2) is 9.37 Å². The summed E-state index contributed by atoms with van der Waals surface area (Å²) in [4.78, 5) is 33.6. The van der Waals surface area contributed by atoms with Crippen molar-refractivity contribution in [2.24, 2.45) is 5.92 Å². The molecule has 0 fully saturated rings. The molecule has 0 bridgehead atoms. The summed E-state index contributed by atoms with van der Waals surface area (Å²) in [6.07, 6.45) is 0. The highest BCUT2D eigenvalue weighted by Crippen LogP contribution is 2.28. The lowest BCUT2D eigenvalue weighted by molar-refractivity contribution is -0.118. The molecule has 1 unspecified atom stereocenters. The van der Waals surface area contributed by atoms with Crippen LogP contribution in [0.4, 0.5) is 10.1 Å². The van der Waals surface area contributed by atoms with E-state index < -0.39 is 23.7 Å². The van der Waals surface area contributed by atoms with Gasteiger partial charge in [0, 0.05) is 5.56 Å². The fourth-order valence-electron chi connectivity index (χ4n) is 3.49. The number of fused-ring (bicyclic) bond motifs is 1. The molecule has 1 heterocycles. The van der Waals surface area contributed by atoms with E-state index in [-0.39, 0.29) is 11.5 Å². The van der Waals surface area contributed by atoms with Gasteiger partial charge in [-0.2, -0.15) is 0 Å². The molecule has 2 amide bonds. The molecule has 0 saturated carbocycles. The Labute approximate surface area is 184 Å². The van der Waals surface area contributed by atoms with Gasteiger partial charge in [-0.1, -0.05) is 50.2 Å². The number of nitrogens with one attached hydrogen (secondary N) is 3. The van der Waals surface area contributed by atoms with Crippen molar-refractivity contribution in [3.8, 4) is 11.4 Å². The van der Waals surface area contributed by atoms with Crippen molar-refractivity contribution in [2.75, 3.05) is 5.32 Å². The molecule has 0 aliphatic heterocycles. The zero-order valence-electron chi connectivity index (χ0n) is 17.7. The quantitative estimate of drug-likeness (QED) is 0.412. The first-order valence-corrected chi connectivity index (χ1v) is 10.3. The first-order chi connectivity index (χ1) is 15.4. The molecule has 4 rings (SSSR count). The van der Waals surface area contributed by atoms with Gasteiger partial charge in [0.25, 0.3) is 5.91 Å². The van der Waals surface area contributed by atoms with E-state index in [0.717, 1.165) is 16.6 Å². The van der Waals surface area contributed by atoms with E-state index in [1.807, 2.05) is 56.3 Å². The van der Waals surface area contributed by atoms with Crippen molar-refractivity contribution >= 4 is 28.5 Å². The lowest BCUT2D eigenvalue weighted by Crippen LogP contribution is -2.47. The molecule has 0 spiro atoms. The number of carbonyl (C=O) groups is 2. The van der Waals surface area contributed by atoms with Gasteiger partial charge in [-0.05, 0) is 42.3 Å². The van der Waals surface area contributed by atoms with E-state index in [0.29, 0.717) is 11.5 Å². The molecule has 4 aromatic rings. The van der Waals surface area contributed by atoms with Gasteiger partial charge < -0.3 is 15.6 Å². The summed E-state index contributed by atoms with van der Waals surface area (Å²) in [6, 6.07) is 19.8. The van der Waals surface area contributed by atoms with Crippen molar-refractivity contribution in [3.05, 3.63) is 84.2 Å². The number of aromatic nitrogens is 2. The summed E-state index contributed by atoms with van der Waals surface area (Å²) < 4.78 is 14.0. The largest absolute Gasteiger partial charge is 0.340 e. The standard InChI is InChI=1S/C25H23FN4O2/c1-15(2)22(30-24(31)16-9-3-5-11-18(16)26)25(32)29-19-12-6-4-10-17(19)23-27-20-13-7-8-14-21(20)28-23/h3-15,22H,1-2H3,(H,27,28)(H,29,32)(H,30,31). The fraction of sp³-hybridized carbons (Fsp3) is 0.160. The SMILES string of the molecule is CC(C)C(NC(=O)c1ccccc1F)C(=O)Nc1ccccc1-c1nc2ccccc2[nH]1. The van der Waals surface area contributed by atoms with Crippen LogP contribution in [0.5, 0.6) is 0 Å². The zero-order chi connectivity index (χ0) is 22.7. The third-order valence-corrected chi connectivity index (χ3v) is 5.18. The monoisotopic (exact) mass is 430 g/mol. The van der Waals surface area contributed by atoms with Crippen molar-refractivity contribution in [3.63, 3.8) is 0 Å². The minimum absolute atomic E-state index is 0.103. The minimum atomic E-state index is -0.856. The van der Waals surface area contributed by atoms with E-state index in [4.69, 9.17) is 0 Å². The smallest absolute Gasteiger partial charge is 0.254 e. The molecule has 0 radical (unpaired) electrons. The highest BCUT2D eigenvalue weighted by molar-refractivity contribution is 6.03. The second-order valence-electron chi connectivity index (χ2n) is 7.81. The Morgan fingerprint density at radius 3 is 2.38 bits per heavy atom. The maximum absolute atomic E-state index is 14.0. The highest BCUT2D eigenvalue weighted by atomic mass is 19.1. The number of H-pyrrole nitrogens is 1. The number of hydrogen-bond donors (Lipinski definition) is 3. The van der Waals surface area contributed by atoms with Gasteiger partial charge in [0.2, 0.25) is 5.91 Å². The number of aromatic amines is 1. The molecule has 6 nitrogen and oxygen atoms in total. The summed E-state index contributed by atoms with van der Waals surface area (Å²) in [5.74, 6) is -1.26. The van der Waals surface area contributed by atoms with Crippen LogP contribution in [0.1, 0.15) is 24.2 Å². The molecule has 0 aliphatic rings. The molecular formula is C25H23FN4O2. The first-order valence-electron chi connectivity index (χ1n) is 10.3. The average Bonchev–Trinajstić information content (AvgIpc) is 3.21. The summed E-state index contributed by atoms with van der Waals surface area (Å²) in [6.45, 7) is 3.63. The van der Waals surface area contributed by atoms with Crippen LogP contribution >= 0.6 is 0 Å². The number of halogens is 1. The first kappa shape index (κ1) is 21.2. The number of carbonyl (C=O) groups excluding carboxylic acids is 2. The second-order valence-corrected chi connectivity index (χ2v) is 7.81. The van der Waals surface area contributed by atoms with Gasteiger partial charge >= 0.3 is 0 Å². The van der Waals surface area contributed by atoms with Crippen molar-refractivity contribution in [1.29, 1.82) is 0 Å². The van der Waals surface area contributed by atoms with Crippen molar-refractivity contribution < 1.29 is 14.0 Å². The van der Waals surface area contributed by atoms with E-state index in [1.54, 1.807) is 12.1 Å². The molecule has 3 N–H and O–H groups in total. The Balaban J connectivity index is 1.58. The average molecular weight is 430 g/mol. The van der Waals surface area contributed by atoms with Crippen LogP contribution in [-0.4, -0.2) is 27.8 Å². The van der Waals surface area contributed by atoms with Gasteiger partial charge in [0.15, 0.2) is 0 Å². The van der Waals surface area contributed by atoms with E-state index in [9.17, 15) is 14.0 Å². The Morgan fingerprint density at radius 2 is 1.62 bits per heavy atom. The highest BCUT2D eigenvalue weighted by Gasteiger charge is 2.26. The number of imidazole rings is 1. The predicted molar refractivity (Wildman–Crippen MR) is 123 cm³/mol. The lowest BCUT2D eigenvalue weighted by Gasteiger charge is -2.22. The molecule has 1 atom stereocenters. The zero-order valence-corrected chi connectivity index (χ0v) is 17.7. The van der Waals surface area contributed by atoms with E-state index in [2.05, 4.69) is 20.6 Å². The van der Waals surface area contributed by atoms with Crippen LogP contribution < -0.4 is 10.6 Å². The van der Waals surface area contributed by atoms with Gasteiger partial charge in [-0.3, -0.25) is 9.59 Å². The second kappa shape index (κ2) is 9.01. The maximum atomic E-state index is 14.0. The number of hydrogen-bond acceptors (Lipinski definition) is 3. The van der Waals surface area contributed by atoms with E-state index >= 15 is 0 Å². The Hall–Kier alpha value is -4.00.